The fourth-order valence-electron chi connectivity index (χ4n) is 6.47. The molecule has 5 atom stereocenters. The molecule has 0 bridgehead atoms. The van der Waals surface area contributed by atoms with Gasteiger partial charge in [0, 0.05) is 29.3 Å². The highest BCUT2D eigenvalue weighted by Gasteiger charge is 2.57. The van der Waals surface area contributed by atoms with E-state index in [-0.39, 0.29) is 35.4 Å². The van der Waals surface area contributed by atoms with Crippen molar-refractivity contribution in [2.75, 3.05) is 6.61 Å². The second-order valence-electron chi connectivity index (χ2n) is 9.56. The zero-order valence-corrected chi connectivity index (χ0v) is 19.6. The van der Waals surface area contributed by atoms with Gasteiger partial charge in [0.2, 0.25) is 0 Å². The van der Waals surface area contributed by atoms with Crippen molar-refractivity contribution in [3.05, 3.63) is 69.7 Å². The van der Waals surface area contributed by atoms with Crippen LogP contribution in [0.5, 0.6) is 0 Å². The zero-order valence-electron chi connectivity index (χ0n) is 18.0. The molecule has 1 N–H and O–H groups in total. The minimum atomic E-state index is -0.340. The molecule has 4 heteroatoms. The third kappa shape index (κ3) is 3.52. The van der Waals surface area contributed by atoms with Crippen LogP contribution >= 0.6 is 15.9 Å². The van der Waals surface area contributed by atoms with E-state index < -0.39 is 0 Å². The molecular formula is C26H31BrO3. The molecule has 1 saturated carbocycles. The van der Waals surface area contributed by atoms with E-state index in [2.05, 4.69) is 48.0 Å². The molecular weight excluding hydrogens is 440 g/mol. The molecule has 0 radical (unpaired) electrons. The average Bonchev–Trinajstić information content (AvgIpc) is 2.72. The lowest BCUT2D eigenvalue weighted by Crippen LogP contribution is -2.56. The van der Waals surface area contributed by atoms with Gasteiger partial charge in [-0.25, -0.2) is 0 Å². The van der Waals surface area contributed by atoms with Crippen molar-refractivity contribution in [1.82, 2.24) is 0 Å². The van der Waals surface area contributed by atoms with E-state index in [0.29, 0.717) is 5.92 Å². The first-order chi connectivity index (χ1) is 14.3. The van der Waals surface area contributed by atoms with Crippen molar-refractivity contribution in [3.63, 3.8) is 0 Å². The Balaban J connectivity index is 1.76. The Bertz CT molecular complexity index is 927. The molecule has 2 aromatic carbocycles. The number of esters is 1. The Morgan fingerprint density at radius 2 is 1.93 bits per heavy atom. The Morgan fingerprint density at radius 1 is 1.20 bits per heavy atom. The largest absolute Gasteiger partial charge is 0.457 e. The molecule has 1 fully saturated rings. The zero-order chi connectivity index (χ0) is 21.5. The van der Waals surface area contributed by atoms with Gasteiger partial charge in [-0.3, -0.25) is 4.79 Å². The van der Waals surface area contributed by atoms with Crippen LogP contribution in [-0.4, -0.2) is 17.7 Å². The van der Waals surface area contributed by atoms with Gasteiger partial charge >= 0.3 is 5.97 Å². The number of carbonyl (C=O) groups is 1. The summed E-state index contributed by atoms with van der Waals surface area (Å²) in [6, 6.07) is 16.7. The number of hydrogen-bond donors (Lipinski definition) is 1. The van der Waals surface area contributed by atoms with Crippen molar-refractivity contribution in [2.24, 2.45) is 17.3 Å². The standard InChI is InChI=1S/C26H31BrO3/c1-17(29)30-24(18-7-5-4-6-8-18)22-13-14-25(2)21-11-10-20(27)15-19(21)9-12-23(25)26(22,3)16-28/h4-8,10-11,15,22-24,28H,9,12-14,16H2,1-3H3/t22-,23-,24+,25-,26-/m1/s1. The van der Waals surface area contributed by atoms with Gasteiger partial charge in [-0.1, -0.05) is 66.2 Å². The first kappa shape index (κ1) is 21.6. The smallest absolute Gasteiger partial charge is 0.303 e. The van der Waals surface area contributed by atoms with Gasteiger partial charge in [-0.05, 0) is 65.8 Å². The summed E-state index contributed by atoms with van der Waals surface area (Å²) in [5.74, 6) is 0.129. The number of aliphatic hydroxyl groups excluding tert-OH is 1. The topological polar surface area (TPSA) is 46.5 Å². The third-order valence-electron chi connectivity index (χ3n) is 7.90. The maximum absolute atomic E-state index is 12.0. The van der Waals surface area contributed by atoms with Crippen LogP contribution in [0.4, 0.5) is 0 Å². The predicted molar refractivity (Wildman–Crippen MR) is 122 cm³/mol. The number of halogens is 1. The second kappa shape index (κ2) is 8.12. The summed E-state index contributed by atoms with van der Waals surface area (Å²) in [4.78, 5) is 12.0. The van der Waals surface area contributed by atoms with E-state index in [4.69, 9.17) is 4.74 Å². The molecule has 30 heavy (non-hydrogen) atoms. The second-order valence-corrected chi connectivity index (χ2v) is 10.5. The number of aliphatic hydroxyl groups is 1. The number of aryl methyl sites for hydroxylation is 1. The van der Waals surface area contributed by atoms with Crippen molar-refractivity contribution in [3.8, 4) is 0 Å². The average molecular weight is 471 g/mol. The monoisotopic (exact) mass is 470 g/mol. The SMILES string of the molecule is CC(=O)O[C@@H](c1ccccc1)[C@H]1CC[C@]2(C)c3ccc(Br)cc3CC[C@H]2[C@]1(C)CO. The third-order valence-corrected chi connectivity index (χ3v) is 8.39. The van der Waals surface area contributed by atoms with E-state index in [9.17, 15) is 9.90 Å². The maximum Gasteiger partial charge on any atom is 0.303 e. The number of hydrogen-bond acceptors (Lipinski definition) is 3. The number of carbonyl (C=O) groups excluding carboxylic acids is 1. The molecule has 0 saturated heterocycles. The predicted octanol–water partition coefficient (Wildman–Crippen LogP) is 5.98. The summed E-state index contributed by atoms with van der Waals surface area (Å²) >= 11 is 3.62. The highest BCUT2D eigenvalue weighted by atomic mass is 79.9. The summed E-state index contributed by atoms with van der Waals surface area (Å²) in [6.07, 6.45) is 3.65. The molecule has 0 heterocycles. The minimum Gasteiger partial charge on any atom is -0.457 e. The summed E-state index contributed by atoms with van der Waals surface area (Å²) in [6.45, 7) is 6.16. The molecule has 160 valence electrons. The Hall–Kier alpha value is -1.65. The molecule has 0 aliphatic heterocycles. The van der Waals surface area contributed by atoms with Crippen molar-refractivity contribution < 1.29 is 14.6 Å². The Labute approximate surface area is 188 Å². The van der Waals surface area contributed by atoms with E-state index >= 15 is 0 Å². The highest BCUT2D eigenvalue weighted by molar-refractivity contribution is 9.10. The first-order valence-electron chi connectivity index (χ1n) is 10.9. The van der Waals surface area contributed by atoms with E-state index in [0.717, 1.165) is 35.7 Å². The summed E-state index contributed by atoms with van der Waals surface area (Å²) < 4.78 is 7.04. The highest BCUT2D eigenvalue weighted by Crippen LogP contribution is 2.61. The van der Waals surface area contributed by atoms with Crippen LogP contribution in [0.2, 0.25) is 0 Å². The van der Waals surface area contributed by atoms with Gasteiger partial charge in [-0.15, -0.1) is 0 Å². The molecule has 0 unspecified atom stereocenters. The molecule has 2 aliphatic carbocycles. The van der Waals surface area contributed by atoms with Crippen molar-refractivity contribution >= 4 is 21.9 Å². The quantitative estimate of drug-likeness (QED) is 0.558. The van der Waals surface area contributed by atoms with Crippen LogP contribution in [0.25, 0.3) is 0 Å². The Kier molecular flexibility index (Phi) is 5.84. The van der Waals surface area contributed by atoms with Crippen molar-refractivity contribution in [2.45, 2.75) is 58.0 Å². The van der Waals surface area contributed by atoms with Gasteiger partial charge in [0.1, 0.15) is 6.10 Å². The van der Waals surface area contributed by atoms with Crippen LogP contribution < -0.4 is 0 Å². The fraction of sp³-hybridized carbons (Fsp3) is 0.500. The van der Waals surface area contributed by atoms with Gasteiger partial charge < -0.3 is 9.84 Å². The number of fused-ring (bicyclic) bond motifs is 3. The minimum absolute atomic E-state index is 0.0136. The first-order valence-corrected chi connectivity index (χ1v) is 11.7. The van der Waals surface area contributed by atoms with Crippen LogP contribution in [-0.2, 0) is 21.4 Å². The maximum atomic E-state index is 12.0. The molecule has 0 amide bonds. The summed E-state index contributed by atoms with van der Waals surface area (Å²) in [7, 11) is 0. The molecule has 2 aromatic rings. The van der Waals surface area contributed by atoms with E-state index in [1.165, 1.54) is 18.1 Å². The molecule has 4 rings (SSSR count). The van der Waals surface area contributed by atoms with E-state index in [1.54, 1.807) is 0 Å². The van der Waals surface area contributed by atoms with Crippen LogP contribution in [0.1, 0.15) is 62.8 Å². The Morgan fingerprint density at radius 3 is 2.60 bits per heavy atom. The summed E-state index contributed by atoms with van der Waals surface area (Å²) in [5, 5.41) is 10.7. The molecule has 0 spiro atoms. The van der Waals surface area contributed by atoms with E-state index in [1.807, 2.05) is 30.3 Å². The normalized spacial score (nSPS) is 31.4. The fourth-order valence-corrected chi connectivity index (χ4v) is 6.88. The lowest BCUT2D eigenvalue weighted by Gasteiger charge is -2.59. The van der Waals surface area contributed by atoms with Crippen LogP contribution in [0.15, 0.2) is 53.0 Å². The van der Waals surface area contributed by atoms with Gasteiger partial charge in [-0.2, -0.15) is 0 Å². The van der Waals surface area contributed by atoms with Gasteiger partial charge in [0.25, 0.3) is 0 Å². The van der Waals surface area contributed by atoms with Gasteiger partial charge in [0.15, 0.2) is 0 Å². The molecule has 3 nitrogen and oxygen atoms in total. The molecule has 0 aromatic heterocycles. The summed E-state index contributed by atoms with van der Waals surface area (Å²) in [5.41, 5.74) is 3.53. The van der Waals surface area contributed by atoms with Crippen LogP contribution in [0.3, 0.4) is 0 Å². The lowest BCUT2D eigenvalue weighted by atomic mass is 9.46. The number of ether oxygens (including phenoxy) is 1. The lowest BCUT2D eigenvalue weighted by molar-refractivity contribution is -0.163. The molecule has 2 aliphatic rings. The van der Waals surface area contributed by atoms with Crippen molar-refractivity contribution in [1.29, 1.82) is 0 Å². The van der Waals surface area contributed by atoms with Crippen LogP contribution in [0, 0.1) is 17.3 Å². The number of benzene rings is 2. The number of rotatable bonds is 4. The van der Waals surface area contributed by atoms with Gasteiger partial charge in [0.05, 0.1) is 0 Å².